The molecule has 18 heavy (non-hydrogen) atoms. The highest BCUT2D eigenvalue weighted by molar-refractivity contribution is 5.89. The Labute approximate surface area is 103 Å². The maximum absolute atomic E-state index is 9.71. The SMILES string of the molecule is NCc1ncc(-c2cc3cccc(O)c3[nH]2)nn1. The maximum Gasteiger partial charge on any atom is 0.164 e. The molecule has 0 aliphatic rings. The number of nitrogens with two attached hydrogens (primary N) is 1. The zero-order chi connectivity index (χ0) is 12.5. The van der Waals surface area contributed by atoms with Gasteiger partial charge in [-0.2, -0.15) is 0 Å². The van der Waals surface area contributed by atoms with Crippen LogP contribution in [0.3, 0.4) is 0 Å². The van der Waals surface area contributed by atoms with Gasteiger partial charge >= 0.3 is 0 Å². The van der Waals surface area contributed by atoms with Crippen molar-refractivity contribution in [2.75, 3.05) is 0 Å². The molecule has 0 saturated carbocycles. The van der Waals surface area contributed by atoms with E-state index in [9.17, 15) is 5.11 Å². The molecule has 4 N–H and O–H groups in total. The maximum atomic E-state index is 9.71. The van der Waals surface area contributed by atoms with Gasteiger partial charge in [-0.05, 0) is 12.1 Å². The molecule has 0 spiro atoms. The van der Waals surface area contributed by atoms with Gasteiger partial charge in [-0.15, -0.1) is 10.2 Å². The first-order valence-electron chi connectivity index (χ1n) is 5.47. The van der Waals surface area contributed by atoms with Gasteiger partial charge in [0.25, 0.3) is 0 Å². The third-order valence-electron chi connectivity index (χ3n) is 2.70. The van der Waals surface area contributed by atoms with E-state index >= 15 is 0 Å². The molecule has 0 unspecified atom stereocenters. The average molecular weight is 241 g/mol. The topological polar surface area (TPSA) is 101 Å². The molecule has 3 aromatic rings. The first kappa shape index (κ1) is 10.7. The number of phenols is 1. The highest BCUT2D eigenvalue weighted by Crippen LogP contribution is 2.27. The van der Waals surface area contributed by atoms with Gasteiger partial charge in [0, 0.05) is 5.39 Å². The molecule has 1 aromatic carbocycles. The molecule has 0 bridgehead atoms. The van der Waals surface area contributed by atoms with E-state index in [4.69, 9.17) is 5.73 Å². The lowest BCUT2D eigenvalue weighted by Gasteiger charge is -1.96. The second-order valence-corrected chi connectivity index (χ2v) is 3.89. The van der Waals surface area contributed by atoms with E-state index in [0.29, 0.717) is 17.0 Å². The van der Waals surface area contributed by atoms with Crippen molar-refractivity contribution in [3.63, 3.8) is 0 Å². The highest BCUT2D eigenvalue weighted by Gasteiger charge is 2.08. The lowest BCUT2D eigenvalue weighted by atomic mass is 10.2. The molecule has 0 amide bonds. The molecular weight excluding hydrogens is 230 g/mol. The largest absolute Gasteiger partial charge is 0.506 e. The molecule has 2 heterocycles. The monoisotopic (exact) mass is 241 g/mol. The third-order valence-corrected chi connectivity index (χ3v) is 2.70. The number of rotatable bonds is 2. The summed E-state index contributed by atoms with van der Waals surface area (Å²) in [5.74, 6) is 0.705. The number of nitrogens with zero attached hydrogens (tertiary/aromatic N) is 3. The van der Waals surface area contributed by atoms with Gasteiger partial charge in [-0.25, -0.2) is 4.98 Å². The standard InChI is InChI=1S/C12H11N5O/c13-5-11-14-6-9(16-17-11)8-4-7-2-1-3-10(18)12(7)15-8/h1-4,6,15,18H,5,13H2. The van der Waals surface area contributed by atoms with Crippen LogP contribution in [0.25, 0.3) is 22.3 Å². The predicted octanol–water partition coefficient (Wildman–Crippen LogP) is 1.18. The van der Waals surface area contributed by atoms with Crippen molar-refractivity contribution in [3.8, 4) is 17.1 Å². The normalized spacial score (nSPS) is 10.9. The Morgan fingerprint density at radius 1 is 1.28 bits per heavy atom. The summed E-state index contributed by atoms with van der Waals surface area (Å²) in [6, 6.07) is 7.22. The molecule has 90 valence electrons. The smallest absolute Gasteiger partial charge is 0.164 e. The number of fused-ring (bicyclic) bond motifs is 1. The highest BCUT2D eigenvalue weighted by atomic mass is 16.3. The van der Waals surface area contributed by atoms with E-state index in [0.717, 1.165) is 11.1 Å². The first-order chi connectivity index (χ1) is 8.78. The van der Waals surface area contributed by atoms with E-state index in [2.05, 4.69) is 20.2 Å². The Balaban J connectivity index is 2.10. The van der Waals surface area contributed by atoms with Crippen LogP contribution in [0.15, 0.2) is 30.5 Å². The van der Waals surface area contributed by atoms with Crippen molar-refractivity contribution in [1.29, 1.82) is 0 Å². The van der Waals surface area contributed by atoms with E-state index in [1.165, 1.54) is 0 Å². The third kappa shape index (κ3) is 1.68. The lowest BCUT2D eigenvalue weighted by molar-refractivity contribution is 0.480. The van der Waals surface area contributed by atoms with Crippen molar-refractivity contribution in [1.82, 2.24) is 20.2 Å². The van der Waals surface area contributed by atoms with Gasteiger partial charge in [-0.3, -0.25) is 0 Å². The van der Waals surface area contributed by atoms with Crippen molar-refractivity contribution in [2.45, 2.75) is 6.54 Å². The fourth-order valence-corrected chi connectivity index (χ4v) is 1.79. The summed E-state index contributed by atoms with van der Waals surface area (Å²) in [5.41, 5.74) is 7.46. The number of aromatic amines is 1. The van der Waals surface area contributed by atoms with Crippen LogP contribution in [-0.4, -0.2) is 25.3 Å². The van der Waals surface area contributed by atoms with Crippen LogP contribution in [0.1, 0.15) is 5.82 Å². The molecule has 6 nitrogen and oxygen atoms in total. The number of H-pyrrole nitrogens is 1. The number of nitrogens with one attached hydrogen (secondary N) is 1. The number of hydrogen-bond donors (Lipinski definition) is 3. The molecule has 2 aromatic heterocycles. The van der Waals surface area contributed by atoms with Crippen LogP contribution < -0.4 is 5.73 Å². The van der Waals surface area contributed by atoms with Gasteiger partial charge in [-0.1, -0.05) is 12.1 Å². The number of aromatic hydroxyl groups is 1. The van der Waals surface area contributed by atoms with E-state index in [-0.39, 0.29) is 12.3 Å². The van der Waals surface area contributed by atoms with E-state index < -0.39 is 0 Å². The Morgan fingerprint density at radius 2 is 2.17 bits per heavy atom. The Kier molecular flexibility index (Phi) is 2.42. The predicted molar refractivity (Wildman–Crippen MR) is 66.7 cm³/mol. The number of para-hydroxylation sites is 1. The Hall–Kier alpha value is -2.47. The summed E-state index contributed by atoms with van der Waals surface area (Å²) in [4.78, 5) is 7.18. The summed E-state index contributed by atoms with van der Waals surface area (Å²) in [7, 11) is 0. The molecular formula is C12H11N5O. The number of benzene rings is 1. The average Bonchev–Trinajstić information content (AvgIpc) is 2.84. The minimum Gasteiger partial charge on any atom is -0.506 e. The summed E-state index contributed by atoms with van der Waals surface area (Å²) in [6.07, 6.45) is 1.61. The Morgan fingerprint density at radius 3 is 2.83 bits per heavy atom. The number of phenolic OH excluding ortho intramolecular Hbond substituents is 1. The number of hydrogen-bond acceptors (Lipinski definition) is 5. The first-order valence-corrected chi connectivity index (χ1v) is 5.47. The summed E-state index contributed by atoms with van der Waals surface area (Å²) < 4.78 is 0. The zero-order valence-electron chi connectivity index (χ0n) is 9.46. The summed E-state index contributed by atoms with van der Waals surface area (Å²) in [5, 5.41) is 18.6. The van der Waals surface area contributed by atoms with Crippen LogP contribution in [0.4, 0.5) is 0 Å². The van der Waals surface area contributed by atoms with Crippen molar-refractivity contribution >= 4 is 10.9 Å². The zero-order valence-corrected chi connectivity index (χ0v) is 9.46. The van der Waals surface area contributed by atoms with Crippen molar-refractivity contribution < 1.29 is 5.11 Å². The van der Waals surface area contributed by atoms with Gasteiger partial charge in [0.2, 0.25) is 0 Å². The van der Waals surface area contributed by atoms with Gasteiger partial charge in [0.05, 0.1) is 24.0 Å². The molecule has 0 fully saturated rings. The van der Waals surface area contributed by atoms with Crippen LogP contribution in [0.5, 0.6) is 5.75 Å². The molecule has 3 rings (SSSR count). The second kappa shape index (κ2) is 4.08. The van der Waals surface area contributed by atoms with Crippen LogP contribution >= 0.6 is 0 Å². The summed E-state index contributed by atoms with van der Waals surface area (Å²) >= 11 is 0. The van der Waals surface area contributed by atoms with Crippen molar-refractivity contribution in [2.24, 2.45) is 5.73 Å². The molecule has 0 atom stereocenters. The quantitative estimate of drug-likeness (QED) is 0.625. The lowest BCUT2D eigenvalue weighted by Crippen LogP contribution is -2.04. The van der Waals surface area contributed by atoms with Crippen molar-refractivity contribution in [3.05, 3.63) is 36.3 Å². The fourth-order valence-electron chi connectivity index (χ4n) is 1.79. The molecule has 0 aliphatic carbocycles. The molecule has 0 aliphatic heterocycles. The van der Waals surface area contributed by atoms with Gasteiger partial charge in [0.1, 0.15) is 11.4 Å². The van der Waals surface area contributed by atoms with E-state index in [1.807, 2.05) is 12.1 Å². The second-order valence-electron chi connectivity index (χ2n) is 3.89. The van der Waals surface area contributed by atoms with Crippen LogP contribution in [-0.2, 0) is 6.54 Å². The van der Waals surface area contributed by atoms with Crippen LogP contribution in [0.2, 0.25) is 0 Å². The molecule has 0 saturated heterocycles. The van der Waals surface area contributed by atoms with E-state index in [1.54, 1.807) is 18.3 Å². The van der Waals surface area contributed by atoms with Crippen LogP contribution in [0, 0.1) is 0 Å². The number of aromatic nitrogens is 4. The van der Waals surface area contributed by atoms with Gasteiger partial charge in [0.15, 0.2) is 5.82 Å². The Bertz CT molecular complexity index is 689. The van der Waals surface area contributed by atoms with Gasteiger partial charge < -0.3 is 15.8 Å². The molecule has 6 heteroatoms. The minimum absolute atomic E-state index is 0.207. The fraction of sp³-hybridized carbons (Fsp3) is 0.0833. The minimum atomic E-state index is 0.207. The molecule has 0 radical (unpaired) electrons. The summed E-state index contributed by atoms with van der Waals surface area (Å²) in [6.45, 7) is 0.265.